The number of hydrogen-bond donors (Lipinski definition) is 0. The molecule has 0 bridgehead atoms. The number of halogens is 1. The Kier molecular flexibility index (Phi) is 9.33. The Labute approximate surface area is 162 Å². The zero-order valence-electron chi connectivity index (χ0n) is 15.8. The lowest BCUT2D eigenvalue weighted by Crippen LogP contribution is -2.37. The van der Waals surface area contributed by atoms with Gasteiger partial charge in [0, 0.05) is 24.7 Å². The number of likely N-dealkylation sites (N-methyl/N-ethyl adjacent to an activating group) is 1. The first-order valence-corrected chi connectivity index (χ1v) is 9.83. The van der Waals surface area contributed by atoms with Crippen LogP contribution in [0.25, 0.3) is 0 Å². The fraction of sp³-hybridized carbons (Fsp3) is 0.571. The van der Waals surface area contributed by atoms with Gasteiger partial charge in [-0.05, 0) is 63.0 Å². The van der Waals surface area contributed by atoms with E-state index in [1.807, 2.05) is 30.3 Å². The van der Waals surface area contributed by atoms with E-state index in [4.69, 9.17) is 16.3 Å². The van der Waals surface area contributed by atoms with Gasteiger partial charge in [-0.25, -0.2) is 0 Å². The van der Waals surface area contributed by atoms with Crippen molar-refractivity contribution in [1.29, 1.82) is 0 Å². The lowest BCUT2D eigenvalue weighted by Gasteiger charge is -2.35. The SMILES string of the molecule is C=CCN(C)CCOCCC1CCN(C(C=O)c2ccc(Cl)cc2)CC1. The fourth-order valence-corrected chi connectivity index (χ4v) is 3.57. The first-order valence-electron chi connectivity index (χ1n) is 9.46. The van der Waals surface area contributed by atoms with Crippen LogP contribution < -0.4 is 0 Å². The van der Waals surface area contributed by atoms with Gasteiger partial charge in [0.05, 0.1) is 12.6 Å². The normalized spacial score (nSPS) is 17.3. The molecule has 4 nitrogen and oxygen atoms in total. The van der Waals surface area contributed by atoms with E-state index < -0.39 is 0 Å². The lowest BCUT2D eigenvalue weighted by molar-refractivity contribution is -0.113. The van der Waals surface area contributed by atoms with Crippen molar-refractivity contribution in [2.45, 2.75) is 25.3 Å². The van der Waals surface area contributed by atoms with E-state index in [2.05, 4.69) is 23.4 Å². The summed E-state index contributed by atoms with van der Waals surface area (Å²) in [5.41, 5.74) is 1.02. The Morgan fingerprint density at radius 3 is 2.62 bits per heavy atom. The molecule has 1 heterocycles. The van der Waals surface area contributed by atoms with Gasteiger partial charge in [-0.1, -0.05) is 29.8 Å². The number of nitrogens with zero attached hydrogens (tertiary/aromatic N) is 2. The molecule has 0 aliphatic carbocycles. The molecule has 5 heteroatoms. The number of aldehydes is 1. The van der Waals surface area contributed by atoms with Crippen molar-refractivity contribution in [3.05, 3.63) is 47.5 Å². The van der Waals surface area contributed by atoms with E-state index in [-0.39, 0.29) is 6.04 Å². The van der Waals surface area contributed by atoms with E-state index >= 15 is 0 Å². The predicted octanol–water partition coefficient (Wildman–Crippen LogP) is 3.82. The van der Waals surface area contributed by atoms with Gasteiger partial charge in [0.15, 0.2) is 0 Å². The molecule has 0 aromatic heterocycles. The Hall–Kier alpha value is -1.20. The third-order valence-corrected chi connectivity index (χ3v) is 5.36. The molecule has 1 unspecified atom stereocenters. The maximum Gasteiger partial charge on any atom is 0.141 e. The highest BCUT2D eigenvalue weighted by Crippen LogP contribution is 2.27. The summed E-state index contributed by atoms with van der Waals surface area (Å²) in [5, 5.41) is 0.702. The molecule has 1 aliphatic rings. The Morgan fingerprint density at radius 1 is 1.31 bits per heavy atom. The van der Waals surface area contributed by atoms with Crippen LogP contribution in [-0.4, -0.2) is 62.5 Å². The van der Waals surface area contributed by atoms with Crippen molar-refractivity contribution in [2.24, 2.45) is 5.92 Å². The Bertz CT molecular complexity index is 541. The molecular formula is C21H31ClN2O2. The maximum absolute atomic E-state index is 11.6. The minimum Gasteiger partial charge on any atom is -0.380 e. The van der Waals surface area contributed by atoms with Crippen molar-refractivity contribution in [3.8, 4) is 0 Å². The van der Waals surface area contributed by atoms with E-state index in [0.29, 0.717) is 10.9 Å². The second-order valence-corrected chi connectivity index (χ2v) is 7.50. The summed E-state index contributed by atoms with van der Waals surface area (Å²) in [7, 11) is 2.07. The molecule has 0 saturated carbocycles. The molecule has 0 N–H and O–H groups in total. The molecule has 1 fully saturated rings. The molecule has 0 spiro atoms. The van der Waals surface area contributed by atoms with E-state index in [1.165, 1.54) is 0 Å². The largest absolute Gasteiger partial charge is 0.380 e. The maximum atomic E-state index is 11.6. The molecule has 0 radical (unpaired) electrons. The fourth-order valence-electron chi connectivity index (χ4n) is 3.44. The quantitative estimate of drug-likeness (QED) is 0.333. The summed E-state index contributed by atoms with van der Waals surface area (Å²) < 4.78 is 5.77. The minimum atomic E-state index is -0.162. The number of benzene rings is 1. The van der Waals surface area contributed by atoms with E-state index in [1.54, 1.807) is 0 Å². The molecule has 1 saturated heterocycles. The lowest BCUT2D eigenvalue weighted by atomic mass is 9.92. The second-order valence-electron chi connectivity index (χ2n) is 7.06. The molecule has 2 rings (SSSR count). The van der Waals surface area contributed by atoms with Crippen LogP contribution in [0.5, 0.6) is 0 Å². The number of carbonyl (C=O) groups excluding carboxylic acids is 1. The van der Waals surface area contributed by atoms with Gasteiger partial charge < -0.3 is 14.4 Å². The van der Waals surface area contributed by atoms with Crippen LogP contribution in [0.2, 0.25) is 5.02 Å². The predicted molar refractivity (Wildman–Crippen MR) is 108 cm³/mol. The number of carbonyl (C=O) groups is 1. The number of hydrogen-bond acceptors (Lipinski definition) is 4. The van der Waals surface area contributed by atoms with Crippen molar-refractivity contribution in [3.63, 3.8) is 0 Å². The van der Waals surface area contributed by atoms with Gasteiger partial charge in [-0.3, -0.25) is 4.90 Å². The second kappa shape index (κ2) is 11.5. The summed E-state index contributed by atoms with van der Waals surface area (Å²) >= 11 is 5.95. The summed E-state index contributed by atoms with van der Waals surface area (Å²) in [6, 6.07) is 7.44. The Balaban J connectivity index is 1.67. The topological polar surface area (TPSA) is 32.8 Å². The third kappa shape index (κ3) is 6.84. The van der Waals surface area contributed by atoms with Gasteiger partial charge in [0.1, 0.15) is 6.29 Å². The van der Waals surface area contributed by atoms with Crippen LogP contribution in [0.4, 0.5) is 0 Å². The highest BCUT2D eigenvalue weighted by Gasteiger charge is 2.25. The molecule has 1 atom stereocenters. The minimum absolute atomic E-state index is 0.162. The van der Waals surface area contributed by atoms with Gasteiger partial charge >= 0.3 is 0 Å². The smallest absolute Gasteiger partial charge is 0.141 e. The first kappa shape index (κ1) is 21.1. The van der Waals surface area contributed by atoms with Crippen LogP contribution in [0, 0.1) is 5.92 Å². The molecular weight excluding hydrogens is 348 g/mol. The van der Waals surface area contributed by atoms with Crippen molar-refractivity contribution in [1.82, 2.24) is 9.80 Å². The summed E-state index contributed by atoms with van der Waals surface area (Å²) in [6.45, 7) is 9.08. The number of rotatable bonds is 11. The molecule has 26 heavy (non-hydrogen) atoms. The standard InChI is InChI=1S/C21H31ClN2O2/c1-3-11-23(2)14-16-26-15-10-18-8-12-24(13-9-18)21(17-25)19-4-6-20(22)7-5-19/h3-7,17-18,21H,1,8-16H2,2H3. The first-order chi connectivity index (χ1) is 12.6. The molecule has 144 valence electrons. The molecule has 1 aliphatic heterocycles. The van der Waals surface area contributed by atoms with Gasteiger partial charge in [-0.2, -0.15) is 0 Å². The molecule has 0 amide bonds. The van der Waals surface area contributed by atoms with Crippen LogP contribution in [0.15, 0.2) is 36.9 Å². The summed E-state index contributed by atoms with van der Waals surface area (Å²) in [4.78, 5) is 16.1. The average molecular weight is 379 g/mol. The Morgan fingerprint density at radius 2 is 2.00 bits per heavy atom. The number of piperidine rings is 1. The van der Waals surface area contributed by atoms with Crippen LogP contribution in [-0.2, 0) is 9.53 Å². The van der Waals surface area contributed by atoms with Gasteiger partial charge in [-0.15, -0.1) is 6.58 Å². The van der Waals surface area contributed by atoms with Crippen LogP contribution in [0.1, 0.15) is 30.9 Å². The van der Waals surface area contributed by atoms with Crippen molar-refractivity contribution < 1.29 is 9.53 Å². The number of likely N-dealkylation sites (tertiary alicyclic amines) is 1. The zero-order chi connectivity index (χ0) is 18.8. The van der Waals surface area contributed by atoms with E-state index in [9.17, 15) is 4.79 Å². The zero-order valence-corrected chi connectivity index (χ0v) is 16.5. The van der Waals surface area contributed by atoms with Gasteiger partial charge in [0.25, 0.3) is 0 Å². The molecule has 1 aromatic carbocycles. The van der Waals surface area contributed by atoms with Crippen molar-refractivity contribution >= 4 is 17.9 Å². The van der Waals surface area contributed by atoms with Crippen LogP contribution in [0.3, 0.4) is 0 Å². The molecule has 1 aromatic rings. The van der Waals surface area contributed by atoms with Gasteiger partial charge in [0.2, 0.25) is 0 Å². The summed E-state index contributed by atoms with van der Waals surface area (Å²) in [6.07, 6.45) is 6.30. The monoisotopic (exact) mass is 378 g/mol. The van der Waals surface area contributed by atoms with E-state index in [0.717, 1.165) is 70.5 Å². The third-order valence-electron chi connectivity index (χ3n) is 5.11. The number of ether oxygens (including phenoxy) is 1. The summed E-state index contributed by atoms with van der Waals surface area (Å²) in [5.74, 6) is 0.690. The van der Waals surface area contributed by atoms with Crippen LogP contribution >= 0.6 is 11.6 Å². The highest BCUT2D eigenvalue weighted by molar-refractivity contribution is 6.30. The highest BCUT2D eigenvalue weighted by atomic mass is 35.5. The average Bonchev–Trinajstić information content (AvgIpc) is 2.65. The van der Waals surface area contributed by atoms with Crippen molar-refractivity contribution in [2.75, 3.05) is 46.4 Å².